The van der Waals surface area contributed by atoms with Crippen molar-refractivity contribution in [3.8, 4) is 5.88 Å². The smallest absolute Gasteiger partial charge is 0.307 e. The molecule has 1 atom stereocenters. The zero-order valence-electron chi connectivity index (χ0n) is 9.96. The Labute approximate surface area is 102 Å². The molecule has 1 aromatic heterocycles. The van der Waals surface area contributed by atoms with Crippen LogP contribution >= 0.6 is 0 Å². The summed E-state index contributed by atoms with van der Waals surface area (Å²) in [4.78, 5) is 6.29. The lowest BCUT2D eigenvalue weighted by Crippen LogP contribution is -2.17. The zero-order chi connectivity index (χ0) is 12.5. The van der Waals surface area contributed by atoms with Crippen molar-refractivity contribution < 1.29 is 12.6 Å². The van der Waals surface area contributed by atoms with E-state index in [1.807, 2.05) is 6.07 Å². The first kappa shape index (κ1) is 12.3. The summed E-state index contributed by atoms with van der Waals surface area (Å²) < 4.78 is 26.5. The van der Waals surface area contributed by atoms with Crippen LogP contribution in [-0.4, -0.2) is 38.1 Å². The van der Waals surface area contributed by atoms with Crippen LogP contribution in [0.15, 0.2) is 18.3 Å². The molecule has 0 radical (unpaired) electrons. The van der Waals surface area contributed by atoms with Gasteiger partial charge in [0.15, 0.2) is 0 Å². The van der Waals surface area contributed by atoms with Gasteiger partial charge in [-0.15, -0.1) is 0 Å². The second-order valence-corrected chi connectivity index (χ2v) is 5.93. The molecule has 1 unspecified atom stereocenters. The van der Waals surface area contributed by atoms with Crippen molar-refractivity contribution in [2.45, 2.75) is 18.9 Å². The molecule has 0 saturated carbocycles. The summed E-state index contributed by atoms with van der Waals surface area (Å²) in [5.41, 5.74) is 1.10. The Bertz CT molecular complexity index is 484. The molecule has 1 aromatic rings. The molecule has 1 fully saturated rings. The molecular formula is C11H16N2O3S. The first-order valence-electron chi connectivity index (χ1n) is 5.51. The van der Waals surface area contributed by atoms with E-state index >= 15 is 0 Å². The van der Waals surface area contributed by atoms with E-state index in [0.29, 0.717) is 6.04 Å². The quantitative estimate of drug-likeness (QED) is 0.760. The molecule has 0 spiro atoms. The summed E-state index contributed by atoms with van der Waals surface area (Å²) in [5, 5.41) is 0. The maximum absolute atomic E-state index is 10.9. The lowest BCUT2D eigenvalue weighted by molar-refractivity contribution is 0.316. The Morgan fingerprint density at radius 2 is 2.24 bits per heavy atom. The highest BCUT2D eigenvalue weighted by atomic mass is 32.2. The summed E-state index contributed by atoms with van der Waals surface area (Å²) in [7, 11) is -1.41. The van der Waals surface area contributed by atoms with Crippen molar-refractivity contribution in [1.82, 2.24) is 9.88 Å². The number of pyridine rings is 1. The molecule has 0 amide bonds. The SMILES string of the molecule is CN1CCCC1c1ccc(OS(C)(=O)=O)nc1. The van der Waals surface area contributed by atoms with E-state index in [4.69, 9.17) is 4.18 Å². The lowest BCUT2D eigenvalue weighted by atomic mass is 10.1. The van der Waals surface area contributed by atoms with Crippen LogP contribution in [0.2, 0.25) is 0 Å². The van der Waals surface area contributed by atoms with Crippen molar-refractivity contribution in [2.75, 3.05) is 19.8 Å². The van der Waals surface area contributed by atoms with Gasteiger partial charge >= 0.3 is 10.1 Å². The van der Waals surface area contributed by atoms with Crippen LogP contribution in [0.25, 0.3) is 0 Å². The van der Waals surface area contributed by atoms with Gasteiger partial charge < -0.3 is 4.18 Å². The second-order valence-electron chi connectivity index (χ2n) is 4.36. The molecule has 0 aliphatic carbocycles. The van der Waals surface area contributed by atoms with Gasteiger partial charge in [0.1, 0.15) is 0 Å². The fraction of sp³-hybridized carbons (Fsp3) is 0.545. The number of nitrogens with zero attached hydrogens (tertiary/aromatic N) is 2. The van der Waals surface area contributed by atoms with Gasteiger partial charge in [0.25, 0.3) is 0 Å². The van der Waals surface area contributed by atoms with Gasteiger partial charge in [0, 0.05) is 18.3 Å². The van der Waals surface area contributed by atoms with Gasteiger partial charge in [0.05, 0.1) is 6.26 Å². The topological polar surface area (TPSA) is 59.5 Å². The summed E-state index contributed by atoms with van der Waals surface area (Å²) in [5.74, 6) is 0.122. The van der Waals surface area contributed by atoms with Crippen LogP contribution in [0.5, 0.6) is 5.88 Å². The first-order chi connectivity index (χ1) is 7.96. The maximum Gasteiger partial charge on any atom is 0.307 e. The minimum atomic E-state index is -3.49. The van der Waals surface area contributed by atoms with E-state index in [0.717, 1.165) is 24.8 Å². The summed E-state index contributed by atoms with van der Waals surface area (Å²) in [6.07, 6.45) is 4.99. The number of hydrogen-bond donors (Lipinski definition) is 0. The Morgan fingerprint density at radius 1 is 1.47 bits per heavy atom. The zero-order valence-corrected chi connectivity index (χ0v) is 10.8. The van der Waals surface area contributed by atoms with E-state index in [-0.39, 0.29) is 5.88 Å². The highest BCUT2D eigenvalue weighted by Gasteiger charge is 2.22. The molecule has 17 heavy (non-hydrogen) atoms. The molecule has 1 aliphatic rings. The molecule has 2 rings (SSSR count). The molecule has 0 aromatic carbocycles. The Balaban J connectivity index is 2.13. The van der Waals surface area contributed by atoms with Gasteiger partial charge in [0.2, 0.25) is 5.88 Å². The van der Waals surface area contributed by atoms with E-state index in [2.05, 4.69) is 16.9 Å². The van der Waals surface area contributed by atoms with Gasteiger partial charge in [-0.2, -0.15) is 8.42 Å². The molecular weight excluding hydrogens is 240 g/mol. The van der Waals surface area contributed by atoms with Gasteiger partial charge in [-0.25, -0.2) is 4.98 Å². The van der Waals surface area contributed by atoms with Crippen molar-refractivity contribution in [1.29, 1.82) is 0 Å². The molecule has 1 aliphatic heterocycles. The third kappa shape index (κ3) is 3.17. The molecule has 5 nitrogen and oxygen atoms in total. The van der Waals surface area contributed by atoms with Crippen molar-refractivity contribution in [3.05, 3.63) is 23.9 Å². The van der Waals surface area contributed by atoms with Crippen molar-refractivity contribution >= 4 is 10.1 Å². The standard InChI is InChI=1S/C11H16N2O3S/c1-13-7-3-4-10(13)9-5-6-11(12-8-9)16-17(2,14)15/h5-6,8,10H,3-4,7H2,1-2H3. The van der Waals surface area contributed by atoms with Crippen LogP contribution < -0.4 is 4.18 Å². The summed E-state index contributed by atoms with van der Waals surface area (Å²) in [6, 6.07) is 3.86. The number of likely N-dealkylation sites (tertiary alicyclic amines) is 1. The maximum atomic E-state index is 10.9. The average molecular weight is 256 g/mol. The number of aromatic nitrogens is 1. The molecule has 6 heteroatoms. The molecule has 0 bridgehead atoms. The van der Waals surface area contributed by atoms with Crippen LogP contribution in [-0.2, 0) is 10.1 Å². The van der Waals surface area contributed by atoms with E-state index in [1.54, 1.807) is 12.3 Å². The third-order valence-electron chi connectivity index (χ3n) is 2.90. The van der Waals surface area contributed by atoms with Crippen LogP contribution in [0, 0.1) is 0 Å². The minimum absolute atomic E-state index is 0.122. The summed E-state index contributed by atoms with van der Waals surface area (Å²) in [6.45, 7) is 1.09. The second kappa shape index (κ2) is 4.62. The third-order valence-corrected chi connectivity index (χ3v) is 3.37. The average Bonchev–Trinajstić information content (AvgIpc) is 2.63. The fourth-order valence-corrected chi connectivity index (χ4v) is 2.53. The number of hydrogen-bond acceptors (Lipinski definition) is 5. The number of rotatable bonds is 3. The Kier molecular flexibility index (Phi) is 3.35. The van der Waals surface area contributed by atoms with E-state index in [9.17, 15) is 8.42 Å². The van der Waals surface area contributed by atoms with E-state index in [1.165, 1.54) is 6.42 Å². The monoisotopic (exact) mass is 256 g/mol. The predicted molar refractivity (Wildman–Crippen MR) is 64.3 cm³/mol. The van der Waals surface area contributed by atoms with E-state index < -0.39 is 10.1 Å². The van der Waals surface area contributed by atoms with Crippen LogP contribution in [0.3, 0.4) is 0 Å². The van der Waals surface area contributed by atoms with Gasteiger partial charge in [-0.1, -0.05) is 6.07 Å². The van der Waals surface area contributed by atoms with Gasteiger partial charge in [-0.3, -0.25) is 4.90 Å². The highest BCUT2D eigenvalue weighted by molar-refractivity contribution is 7.86. The summed E-state index contributed by atoms with van der Waals surface area (Å²) >= 11 is 0. The predicted octanol–water partition coefficient (Wildman–Crippen LogP) is 1.19. The first-order valence-corrected chi connectivity index (χ1v) is 7.33. The molecule has 0 N–H and O–H groups in total. The molecule has 94 valence electrons. The minimum Gasteiger partial charge on any atom is -0.362 e. The Hall–Kier alpha value is -1.14. The van der Waals surface area contributed by atoms with Crippen LogP contribution in [0.1, 0.15) is 24.4 Å². The fourth-order valence-electron chi connectivity index (χ4n) is 2.12. The largest absolute Gasteiger partial charge is 0.362 e. The Morgan fingerprint density at radius 3 is 2.71 bits per heavy atom. The molecule has 2 heterocycles. The van der Waals surface area contributed by atoms with Crippen LogP contribution in [0.4, 0.5) is 0 Å². The van der Waals surface area contributed by atoms with Gasteiger partial charge in [-0.05, 0) is 32.0 Å². The lowest BCUT2D eigenvalue weighted by Gasteiger charge is -2.19. The molecule has 1 saturated heterocycles. The highest BCUT2D eigenvalue weighted by Crippen LogP contribution is 2.30. The van der Waals surface area contributed by atoms with Crippen molar-refractivity contribution in [2.24, 2.45) is 0 Å². The normalized spacial score (nSPS) is 21.6. The van der Waals surface area contributed by atoms with Crippen molar-refractivity contribution in [3.63, 3.8) is 0 Å².